The Morgan fingerprint density at radius 1 is 1.45 bits per heavy atom. The number of benzene rings is 1. The summed E-state index contributed by atoms with van der Waals surface area (Å²) in [6, 6.07) is 7.66. The first-order valence-corrected chi connectivity index (χ1v) is 6.89. The number of nitrogens with one attached hydrogen (secondary N) is 2. The number of carbonyl (C=O) groups excluding carboxylic acids is 1. The first-order chi connectivity index (χ1) is 9.63. The van der Waals surface area contributed by atoms with Crippen molar-refractivity contribution in [3.05, 3.63) is 52.1 Å². The molecule has 0 spiro atoms. The molecule has 0 bridgehead atoms. The largest absolute Gasteiger partial charge is 0.458 e. The maximum Gasteiger partial charge on any atom is 0.288 e. The van der Waals surface area contributed by atoms with E-state index in [1.54, 1.807) is 6.07 Å². The number of fused-ring (bicyclic) bond motifs is 1. The van der Waals surface area contributed by atoms with Crippen LogP contribution in [0.15, 0.2) is 39.4 Å². The van der Waals surface area contributed by atoms with Crippen molar-refractivity contribution >= 4 is 32.9 Å². The van der Waals surface area contributed by atoms with E-state index in [1.807, 2.05) is 25.1 Å². The fourth-order valence-electron chi connectivity index (χ4n) is 1.96. The van der Waals surface area contributed by atoms with Gasteiger partial charge in [-0.3, -0.25) is 4.79 Å². The molecular weight excluding hydrogens is 322 g/mol. The van der Waals surface area contributed by atoms with Crippen LogP contribution >= 0.6 is 15.9 Å². The van der Waals surface area contributed by atoms with Crippen LogP contribution in [0, 0.1) is 6.92 Å². The summed E-state index contributed by atoms with van der Waals surface area (Å²) < 4.78 is 5.73. The van der Waals surface area contributed by atoms with E-state index >= 15 is 0 Å². The number of H-pyrrole nitrogens is 1. The summed E-state index contributed by atoms with van der Waals surface area (Å²) in [5.74, 6) is 0.692. The van der Waals surface area contributed by atoms with Crippen molar-refractivity contribution in [2.24, 2.45) is 0 Å². The number of rotatable bonds is 3. The zero-order chi connectivity index (χ0) is 14.1. The van der Waals surface area contributed by atoms with Crippen molar-refractivity contribution in [3.8, 4) is 0 Å². The molecule has 20 heavy (non-hydrogen) atoms. The molecule has 0 radical (unpaired) electrons. The van der Waals surface area contributed by atoms with E-state index in [2.05, 4.69) is 31.2 Å². The number of nitrogens with zero attached hydrogens (tertiary/aromatic N) is 1. The molecule has 0 aliphatic heterocycles. The molecule has 2 N–H and O–H groups in total. The third-order valence-electron chi connectivity index (χ3n) is 2.93. The van der Waals surface area contributed by atoms with E-state index in [4.69, 9.17) is 4.42 Å². The standard InChI is InChI=1S/C14H12BrN3O2/c1-8-2-3-10-11(6-8)18-12(17-10)7-16-14(19)13-9(15)4-5-20-13/h2-6H,7H2,1H3,(H,16,19)(H,17,18). The molecule has 5 nitrogen and oxygen atoms in total. The average molecular weight is 334 g/mol. The van der Waals surface area contributed by atoms with E-state index in [-0.39, 0.29) is 11.7 Å². The van der Waals surface area contributed by atoms with Crippen LogP contribution in [-0.4, -0.2) is 15.9 Å². The molecule has 0 saturated heterocycles. The highest BCUT2D eigenvalue weighted by atomic mass is 79.9. The molecule has 2 aromatic heterocycles. The topological polar surface area (TPSA) is 70.9 Å². The number of aromatic nitrogens is 2. The van der Waals surface area contributed by atoms with Gasteiger partial charge in [0.25, 0.3) is 5.91 Å². The van der Waals surface area contributed by atoms with E-state index in [0.717, 1.165) is 16.6 Å². The summed E-state index contributed by atoms with van der Waals surface area (Å²) in [5, 5.41) is 2.76. The molecule has 0 fully saturated rings. The number of halogens is 1. The van der Waals surface area contributed by atoms with Crippen LogP contribution in [0.5, 0.6) is 0 Å². The molecule has 3 aromatic rings. The Kier molecular flexibility index (Phi) is 3.31. The van der Waals surface area contributed by atoms with Gasteiger partial charge >= 0.3 is 0 Å². The van der Waals surface area contributed by atoms with Gasteiger partial charge in [0.05, 0.1) is 28.3 Å². The van der Waals surface area contributed by atoms with Gasteiger partial charge < -0.3 is 14.7 Å². The lowest BCUT2D eigenvalue weighted by atomic mass is 10.2. The maximum absolute atomic E-state index is 11.9. The fourth-order valence-corrected chi connectivity index (χ4v) is 2.34. The molecule has 0 saturated carbocycles. The van der Waals surface area contributed by atoms with Gasteiger partial charge in [-0.25, -0.2) is 4.98 Å². The minimum Gasteiger partial charge on any atom is -0.458 e. The Balaban J connectivity index is 1.74. The van der Waals surface area contributed by atoms with Crippen LogP contribution < -0.4 is 5.32 Å². The van der Waals surface area contributed by atoms with Crippen LogP contribution in [0.4, 0.5) is 0 Å². The summed E-state index contributed by atoms with van der Waals surface area (Å²) in [6.07, 6.45) is 1.46. The second kappa shape index (κ2) is 5.13. The van der Waals surface area contributed by atoms with E-state index < -0.39 is 0 Å². The van der Waals surface area contributed by atoms with Gasteiger partial charge in [-0.1, -0.05) is 6.07 Å². The zero-order valence-corrected chi connectivity index (χ0v) is 12.3. The molecule has 0 aliphatic rings. The summed E-state index contributed by atoms with van der Waals surface area (Å²) in [7, 11) is 0. The number of carbonyl (C=O) groups is 1. The predicted molar refractivity (Wildman–Crippen MR) is 78.4 cm³/mol. The van der Waals surface area contributed by atoms with Gasteiger partial charge in [-0.05, 0) is 46.6 Å². The third kappa shape index (κ3) is 2.46. The van der Waals surface area contributed by atoms with Crippen LogP contribution in [-0.2, 0) is 6.54 Å². The smallest absolute Gasteiger partial charge is 0.288 e. The number of aryl methyl sites for hydroxylation is 1. The highest BCUT2D eigenvalue weighted by Gasteiger charge is 2.13. The summed E-state index contributed by atoms with van der Waals surface area (Å²) in [4.78, 5) is 19.5. The Hall–Kier alpha value is -2.08. The first kappa shape index (κ1) is 12.9. The molecule has 0 unspecified atom stereocenters. The number of aromatic amines is 1. The molecule has 102 valence electrons. The SMILES string of the molecule is Cc1ccc2nc(CNC(=O)c3occc3Br)[nH]c2c1. The molecule has 6 heteroatoms. The van der Waals surface area contributed by atoms with Crippen molar-refractivity contribution < 1.29 is 9.21 Å². The fraction of sp³-hybridized carbons (Fsp3) is 0.143. The van der Waals surface area contributed by atoms with Crippen molar-refractivity contribution in [3.63, 3.8) is 0 Å². The maximum atomic E-state index is 11.9. The Labute approximate surface area is 123 Å². The van der Waals surface area contributed by atoms with Crippen LogP contribution in [0.2, 0.25) is 0 Å². The van der Waals surface area contributed by atoms with Gasteiger partial charge in [-0.15, -0.1) is 0 Å². The monoisotopic (exact) mass is 333 g/mol. The van der Waals surface area contributed by atoms with Crippen molar-refractivity contribution in [1.82, 2.24) is 15.3 Å². The second-order valence-corrected chi connectivity index (χ2v) is 5.34. The molecule has 3 rings (SSSR count). The minimum atomic E-state index is -0.279. The van der Waals surface area contributed by atoms with Crippen molar-refractivity contribution in [1.29, 1.82) is 0 Å². The third-order valence-corrected chi connectivity index (χ3v) is 3.55. The van der Waals surface area contributed by atoms with Gasteiger partial charge in [-0.2, -0.15) is 0 Å². The summed E-state index contributed by atoms with van der Waals surface area (Å²) >= 11 is 3.25. The van der Waals surface area contributed by atoms with Crippen LogP contribution in [0.25, 0.3) is 11.0 Å². The number of furan rings is 1. The lowest BCUT2D eigenvalue weighted by Gasteiger charge is -2.00. The number of amides is 1. The normalized spacial score (nSPS) is 10.9. The van der Waals surface area contributed by atoms with E-state index in [0.29, 0.717) is 16.8 Å². The quantitative estimate of drug-likeness (QED) is 0.773. The van der Waals surface area contributed by atoms with Gasteiger partial charge in [0, 0.05) is 0 Å². The molecule has 0 aliphatic carbocycles. The zero-order valence-electron chi connectivity index (χ0n) is 10.7. The Bertz CT molecular complexity index is 776. The first-order valence-electron chi connectivity index (χ1n) is 6.10. The predicted octanol–water partition coefficient (Wildman–Crippen LogP) is 3.16. The Morgan fingerprint density at radius 3 is 3.05 bits per heavy atom. The Morgan fingerprint density at radius 2 is 2.30 bits per heavy atom. The molecule has 2 heterocycles. The minimum absolute atomic E-state index is 0.261. The highest BCUT2D eigenvalue weighted by molar-refractivity contribution is 9.10. The molecule has 1 aromatic carbocycles. The molecule has 0 atom stereocenters. The molecular formula is C14H12BrN3O2. The number of imidazole rings is 1. The average Bonchev–Trinajstić information content (AvgIpc) is 3.01. The van der Waals surface area contributed by atoms with Crippen LogP contribution in [0.3, 0.4) is 0 Å². The number of hydrogen-bond donors (Lipinski definition) is 2. The summed E-state index contributed by atoms with van der Waals surface area (Å²) in [5.41, 5.74) is 3.02. The van der Waals surface area contributed by atoms with Crippen molar-refractivity contribution in [2.45, 2.75) is 13.5 Å². The van der Waals surface area contributed by atoms with Crippen molar-refractivity contribution in [2.75, 3.05) is 0 Å². The summed E-state index contributed by atoms with van der Waals surface area (Å²) in [6.45, 7) is 2.34. The van der Waals surface area contributed by atoms with E-state index in [9.17, 15) is 4.79 Å². The lowest BCUT2D eigenvalue weighted by Crippen LogP contribution is -2.23. The lowest BCUT2D eigenvalue weighted by molar-refractivity contribution is 0.0921. The number of hydrogen-bond acceptors (Lipinski definition) is 3. The van der Waals surface area contributed by atoms with Crippen LogP contribution in [0.1, 0.15) is 21.9 Å². The highest BCUT2D eigenvalue weighted by Crippen LogP contribution is 2.17. The van der Waals surface area contributed by atoms with Gasteiger partial charge in [0.15, 0.2) is 0 Å². The van der Waals surface area contributed by atoms with Gasteiger partial charge in [0.2, 0.25) is 5.76 Å². The second-order valence-electron chi connectivity index (χ2n) is 4.48. The van der Waals surface area contributed by atoms with E-state index in [1.165, 1.54) is 6.26 Å². The van der Waals surface area contributed by atoms with Gasteiger partial charge in [0.1, 0.15) is 5.82 Å². The molecule has 1 amide bonds.